The zero-order chi connectivity index (χ0) is 33.4. The molecule has 0 bridgehead atoms. The van der Waals surface area contributed by atoms with Gasteiger partial charge in [0.1, 0.15) is 6.61 Å². The molecule has 1 saturated heterocycles. The first kappa shape index (κ1) is 37.1. The maximum atomic E-state index is 13.2. The van der Waals surface area contributed by atoms with Gasteiger partial charge in [0.15, 0.2) is 19.3 Å². The van der Waals surface area contributed by atoms with Gasteiger partial charge in [0, 0.05) is 44.3 Å². The molecule has 1 aliphatic heterocycles. The molecule has 18 heteroatoms. The highest BCUT2D eigenvalue weighted by Crippen LogP contribution is 2.27. The first-order valence-electron chi connectivity index (χ1n) is 14.3. The Morgan fingerprint density at radius 3 is 2.02 bits per heavy atom. The summed E-state index contributed by atoms with van der Waals surface area (Å²) in [4.78, 5) is 74.4. The monoisotopic (exact) mass is 660 g/mol. The average molecular weight is 661 g/mol. The molecule has 0 spiro atoms. The van der Waals surface area contributed by atoms with Crippen molar-refractivity contribution >= 4 is 53.3 Å². The topological polar surface area (TPSA) is 221 Å². The maximum absolute atomic E-state index is 13.2. The van der Waals surface area contributed by atoms with E-state index in [0.717, 1.165) is 11.7 Å². The van der Waals surface area contributed by atoms with Crippen LogP contribution in [0.3, 0.4) is 0 Å². The number of carbonyl (C=O) groups is 6. The van der Waals surface area contributed by atoms with Crippen molar-refractivity contribution in [2.75, 3.05) is 57.6 Å². The molecule has 0 unspecified atom stereocenters. The molecule has 1 aromatic heterocycles. The number of anilines is 1. The molecule has 1 aromatic rings. The van der Waals surface area contributed by atoms with E-state index in [1.807, 2.05) is 4.90 Å². The molecule has 2 N–H and O–H groups in total. The summed E-state index contributed by atoms with van der Waals surface area (Å²) in [6.45, 7) is 5.44. The van der Waals surface area contributed by atoms with Gasteiger partial charge in [-0.2, -0.15) is 4.37 Å². The third kappa shape index (κ3) is 14.5. The summed E-state index contributed by atoms with van der Waals surface area (Å²) in [6.07, 6.45) is -1.83. The van der Waals surface area contributed by atoms with Crippen LogP contribution in [-0.2, 0) is 47.7 Å². The van der Waals surface area contributed by atoms with Gasteiger partial charge < -0.3 is 43.7 Å². The fourth-order valence-corrected chi connectivity index (χ4v) is 4.50. The van der Waals surface area contributed by atoms with Crippen LogP contribution < -0.4 is 9.64 Å². The molecular weight excluding hydrogens is 620 g/mol. The number of esters is 3. The number of carbonyl (C=O) groups excluding carboxylic acids is 4. The Bertz CT molecular complexity index is 1160. The van der Waals surface area contributed by atoms with Gasteiger partial charge in [0.05, 0.1) is 31.5 Å². The molecule has 1 atom stereocenters. The number of nitrogens with zero attached hydrogens (tertiary/aromatic N) is 4. The lowest BCUT2D eigenvalue weighted by atomic mass is 10.1. The van der Waals surface area contributed by atoms with Gasteiger partial charge in [0.25, 0.3) is 11.8 Å². The highest BCUT2D eigenvalue weighted by atomic mass is 32.1. The van der Waals surface area contributed by atoms with E-state index in [4.69, 9.17) is 33.9 Å². The standard InChI is InChI=1S/C27H40N4O13S/c1-27(2,3)31(19(32)16-41-22(37)8-4-6-20(33)34)14-18(44-24(39)17-42-23(38)9-5-7-21(35)36)15-43-26-25(28-45-29-26)30-10-12-40-13-11-30/h18H,4-17H2,1-3H3,(H,33,34)(H,35,36)/t18-/m0/s1. The van der Waals surface area contributed by atoms with Crippen LogP contribution in [0.5, 0.6) is 5.88 Å². The van der Waals surface area contributed by atoms with E-state index in [1.165, 1.54) is 4.90 Å². The quantitative estimate of drug-likeness (QED) is 0.155. The molecule has 0 aromatic carbocycles. The number of rotatable bonds is 19. The maximum Gasteiger partial charge on any atom is 0.344 e. The van der Waals surface area contributed by atoms with Crippen LogP contribution in [0.4, 0.5) is 5.82 Å². The molecule has 1 amide bonds. The largest absolute Gasteiger partial charge is 0.481 e. The van der Waals surface area contributed by atoms with Crippen LogP contribution in [0.1, 0.15) is 59.3 Å². The van der Waals surface area contributed by atoms with Crippen molar-refractivity contribution in [3.8, 4) is 5.88 Å². The molecule has 0 saturated carbocycles. The summed E-state index contributed by atoms with van der Waals surface area (Å²) in [5.41, 5.74) is -0.838. The molecule has 0 aliphatic carbocycles. The van der Waals surface area contributed by atoms with E-state index in [0.29, 0.717) is 32.1 Å². The Labute approximate surface area is 264 Å². The minimum absolute atomic E-state index is 0.0413. The van der Waals surface area contributed by atoms with Gasteiger partial charge in [-0.3, -0.25) is 24.0 Å². The number of ether oxygens (including phenoxy) is 5. The van der Waals surface area contributed by atoms with Crippen LogP contribution >= 0.6 is 11.7 Å². The van der Waals surface area contributed by atoms with Gasteiger partial charge in [0.2, 0.25) is 5.82 Å². The molecule has 2 rings (SSSR count). The number of hydrogen-bond acceptors (Lipinski definition) is 15. The number of morpholine rings is 1. The number of amides is 1. The summed E-state index contributed by atoms with van der Waals surface area (Å²) < 4.78 is 35.2. The smallest absolute Gasteiger partial charge is 0.344 e. The van der Waals surface area contributed by atoms with Crippen molar-refractivity contribution < 1.29 is 62.7 Å². The first-order valence-corrected chi connectivity index (χ1v) is 15.0. The van der Waals surface area contributed by atoms with Gasteiger partial charge >= 0.3 is 29.8 Å². The van der Waals surface area contributed by atoms with Crippen LogP contribution in [0.15, 0.2) is 0 Å². The normalized spacial score (nSPS) is 13.8. The Hall–Kier alpha value is -4.06. The second-order valence-corrected chi connectivity index (χ2v) is 11.4. The number of aliphatic carboxylic acids is 2. The van der Waals surface area contributed by atoms with Crippen molar-refractivity contribution in [3.05, 3.63) is 0 Å². The van der Waals surface area contributed by atoms with Crippen molar-refractivity contribution in [2.45, 2.75) is 70.9 Å². The number of aromatic nitrogens is 2. The molecule has 2 heterocycles. The molecule has 1 aliphatic rings. The lowest BCUT2D eigenvalue weighted by Crippen LogP contribution is -2.52. The molecular formula is C27H40N4O13S. The Morgan fingerprint density at radius 1 is 0.889 bits per heavy atom. The van der Waals surface area contributed by atoms with E-state index in [-0.39, 0.29) is 57.6 Å². The summed E-state index contributed by atoms with van der Waals surface area (Å²) >= 11 is 0.929. The van der Waals surface area contributed by atoms with Crippen LogP contribution in [-0.4, -0.2) is 124 Å². The van der Waals surface area contributed by atoms with E-state index in [9.17, 15) is 28.8 Å². The minimum atomic E-state index is -1.10. The predicted molar refractivity (Wildman–Crippen MR) is 155 cm³/mol. The third-order valence-corrected chi connectivity index (χ3v) is 6.71. The van der Waals surface area contributed by atoms with Crippen molar-refractivity contribution in [3.63, 3.8) is 0 Å². The van der Waals surface area contributed by atoms with E-state index >= 15 is 0 Å². The second-order valence-electron chi connectivity index (χ2n) is 10.9. The Morgan fingerprint density at radius 2 is 1.47 bits per heavy atom. The predicted octanol–water partition coefficient (Wildman–Crippen LogP) is 0.889. The molecule has 1 fully saturated rings. The van der Waals surface area contributed by atoms with Crippen molar-refractivity contribution in [1.29, 1.82) is 0 Å². The SMILES string of the molecule is CC(C)(C)N(C[C@@H](COc1nsnc1N1CCOCC1)OC(=O)COC(=O)CCCC(=O)O)C(=O)COC(=O)CCCC(=O)O. The zero-order valence-electron chi connectivity index (χ0n) is 25.6. The second kappa shape index (κ2) is 18.7. The number of hydrogen-bond donors (Lipinski definition) is 2. The molecule has 252 valence electrons. The number of carboxylic acids is 2. The summed E-state index contributed by atoms with van der Waals surface area (Å²) in [7, 11) is 0. The van der Waals surface area contributed by atoms with Crippen LogP contribution in [0, 0.1) is 0 Å². The fraction of sp³-hybridized carbons (Fsp3) is 0.704. The van der Waals surface area contributed by atoms with E-state index in [1.54, 1.807) is 20.8 Å². The van der Waals surface area contributed by atoms with Crippen LogP contribution in [0.2, 0.25) is 0 Å². The molecule has 45 heavy (non-hydrogen) atoms. The molecule has 17 nitrogen and oxygen atoms in total. The zero-order valence-corrected chi connectivity index (χ0v) is 26.4. The lowest BCUT2D eigenvalue weighted by molar-refractivity contribution is -0.166. The van der Waals surface area contributed by atoms with Crippen molar-refractivity contribution in [1.82, 2.24) is 13.6 Å². The van der Waals surface area contributed by atoms with Gasteiger partial charge in [-0.1, -0.05) is 0 Å². The fourth-order valence-electron chi connectivity index (χ4n) is 3.98. The van der Waals surface area contributed by atoms with Gasteiger partial charge in [-0.15, -0.1) is 4.37 Å². The molecule has 0 radical (unpaired) electrons. The summed E-state index contributed by atoms with van der Waals surface area (Å²) in [5.74, 6) is -4.50. The van der Waals surface area contributed by atoms with E-state index < -0.39 is 60.6 Å². The average Bonchev–Trinajstić information content (AvgIpc) is 3.44. The van der Waals surface area contributed by atoms with Gasteiger partial charge in [-0.05, 0) is 33.6 Å². The lowest BCUT2D eigenvalue weighted by Gasteiger charge is -2.37. The third-order valence-electron chi connectivity index (χ3n) is 6.20. The Balaban J connectivity index is 2.10. The highest BCUT2D eigenvalue weighted by Gasteiger charge is 2.32. The first-order chi connectivity index (χ1) is 21.3. The minimum Gasteiger partial charge on any atom is -0.481 e. The summed E-state index contributed by atoms with van der Waals surface area (Å²) in [6, 6.07) is 0. The highest BCUT2D eigenvalue weighted by molar-refractivity contribution is 6.99. The van der Waals surface area contributed by atoms with Gasteiger partial charge in [-0.25, -0.2) is 4.79 Å². The van der Waals surface area contributed by atoms with E-state index in [2.05, 4.69) is 8.75 Å². The van der Waals surface area contributed by atoms with Crippen molar-refractivity contribution in [2.24, 2.45) is 0 Å². The number of carboxylic acid groups (broad SMARTS) is 2. The summed E-state index contributed by atoms with van der Waals surface area (Å²) in [5, 5.41) is 17.4. The van der Waals surface area contributed by atoms with Crippen LogP contribution in [0.25, 0.3) is 0 Å². The Kier molecular flexibility index (Phi) is 15.4.